The molecule has 0 spiro atoms. The standard InChI is InChI=1S/C7H8N2O4/c1-9-3-6(5(4-10)8-9)13-7(11)12-2/h3-4H,1-2H3. The van der Waals surface area contributed by atoms with Crippen molar-refractivity contribution in [2.45, 2.75) is 0 Å². The summed E-state index contributed by atoms with van der Waals surface area (Å²) in [6.45, 7) is 0. The molecule has 0 aromatic carbocycles. The fraction of sp³-hybridized carbons (Fsp3) is 0.286. The van der Waals surface area contributed by atoms with Crippen LogP contribution in [0.1, 0.15) is 10.5 Å². The van der Waals surface area contributed by atoms with Crippen LogP contribution in [-0.2, 0) is 11.8 Å². The van der Waals surface area contributed by atoms with Crippen LogP contribution in [0.5, 0.6) is 5.75 Å². The van der Waals surface area contributed by atoms with Gasteiger partial charge in [0.2, 0.25) is 0 Å². The number of aldehydes is 1. The van der Waals surface area contributed by atoms with E-state index in [1.54, 1.807) is 7.05 Å². The number of carbonyl (C=O) groups is 2. The zero-order valence-corrected chi connectivity index (χ0v) is 7.18. The molecule has 0 bridgehead atoms. The van der Waals surface area contributed by atoms with Gasteiger partial charge in [-0.2, -0.15) is 5.10 Å². The maximum atomic E-state index is 10.7. The summed E-state index contributed by atoms with van der Waals surface area (Å²) in [4.78, 5) is 21.1. The molecule has 13 heavy (non-hydrogen) atoms. The lowest BCUT2D eigenvalue weighted by molar-refractivity contribution is 0.110. The first kappa shape index (κ1) is 9.24. The second-order valence-electron chi connectivity index (χ2n) is 2.23. The van der Waals surface area contributed by atoms with Crippen LogP contribution in [0.3, 0.4) is 0 Å². The normalized spacial score (nSPS) is 9.38. The summed E-state index contributed by atoms with van der Waals surface area (Å²) in [7, 11) is 2.79. The first-order valence-electron chi connectivity index (χ1n) is 3.42. The maximum absolute atomic E-state index is 10.7. The quantitative estimate of drug-likeness (QED) is 0.490. The highest BCUT2D eigenvalue weighted by atomic mass is 16.7. The van der Waals surface area contributed by atoms with Crippen molar-refractivity contribution in [3.63, 3.8) is 0 Å². The Kier molecular flexibility index (Phi) is 2.63. The SMILES string of the molecule is COC(=O)Oc1cn(C)nc1C=O. The predicted octanol–water partition coefficient (Wildman–Crippen LogP) is 0.378. The number of carbonyl (C=O) groups excluding carboxylic acids is 2. The molecule has 0 N–H and O–H groups in total. The summed E-state index contributed by atoms with van der Waals surface area (Å²) in [5.74, 6) is 0.0874. The largest absolute Gasteiger partial charge is 0.513 e. The maximum Gasteiger partial charge on any atom is 0.513 e. The van der Waals surface area contributed by atoms with Gasteiger partial charge < -0.3 is 9.47 Å². The van der Waals surface area contributed by atoms with E-state index < -0.39 is 6.16 Å². The van der Waals surface area contributed by atoms with Crippen LogP contribution in [0.15, 0.2) is 6.20 Å². The monoisotopic (exact) mass is 184 g/mol. The lowest BCUT2D eigenvalue weighted by atomic mass is 10.4. The number of hydrogen-bond donors (Lipinski definition) is 0. The van der Waals surface area contributed by atoms with E-state index in [0.29, 0.717) is 6.29 Å². The molecule has 70 valence electrons. The summed E-state index contributed by atoms with van der Waals surface area (Å²) in [5, 5.41) is 3.73. The number of hydrogen-bond acceptors (Lipinski definition) is 5. The topological polar surface area (TPSA) is 70.4 Å². The van der Waals surface area contributed by atoms with Crippen LogP contribution in [0.25, 0.3) is 0 Å². The van der Waals surface area contributed by atoms with Crippen LogP contribution in [-0.4, -0.2) is 29.3 Å². The smallest absolute Gasteiger partial charge is 0.437 e. The Morgan fingerprint density at radius 1 is 1.69 bits per heavy atom. The van der Waals surface area contributed by atoms with E-state index in [9.17, 15) is 9.59 Å². The fourth-order valence-electron chi connectivity index (χ4n) is 0.776. The zero-order valence-electron chi connectivity index (χ0n) is 7.18. The summed E-state index contributed by atoms with van der Waals surface area (Å²) in [5.41, 5.74) is 0.0629. The molecular weight excluding hydrogens is 176 g/mol. The number of nitrogens with zero attached hydrogens (tertiary/aromatic N) is 2. The highest BCUT2D eigenvalue weighted by Gasteiger charge is 2.12. The van der Waals surface area contributed by atoms with Crippen molar-refractivity contribution in [2.24, 2.45) is 7.05 Å². The van der Waals surface area contributed by atoms with Crippen molar-refractivity contribution >= 4 is 12.4 Å². The third-order valence-corrected chi connectivity index (χ3v) is 1.29. The third-order valence-electron chi connectivity index (χ3n) is 1.29. The van der Waals surface area contributed by atoms with Gasteiger partial charge >= 0.3 is 6.16 Å². The molecule has 1 heterocycles. The van der Waals surface area contributed by atoms with Gasteiger partial charge in [0.25, 0.3) is 0 Å². The minimum absolute atomic E-state index is 0.0629. The van der Waals surface area contributed by atoms with Gasteiger partial charge in [0.05, 0.1) is 13.3 Å². The first-order chi connectivity index (χ1) is 6.17. The van der Waals surface area contributed by atoms with Crippen LogP contribution >= 0.6 is 0 Å². The van der Waals surface area contributed by atoms with E-state index in [1.807, 2.05) is 0 Å². The van der Waals surface area contributed by atoms with Gasteiger partial charge in [-0.15, -0.1) is 0 Å². The highest BCUT2D eigenvalue weighted by Crippen LogP contribution is 2.14. The van der Waals surface area contributed by atoms with E-state index in [0.717, 1.165) is 0 Å². The third kappa shape index (κ3) is 2.05. The van der Waals surface area contributed by atoms with Crippen molar-refractivity contribution < 1.29 is 19.1 Å². The Labute approximate surface area is 74.0 Å². The van der Waals surface area contributed by atoms with E-state index in [4.69, 9.17) is 0 Å². The fourth-order valence-corrected chi connectivity index (χ4v) is 0.776. The molecule has 0 aliphatic rings. The van der Waals surface area contributed by atoms with Gasteiger partial charge in [0.1, 0.15) is 0 Å². The number of ether oxygens (including phenoxy) is 2. The molecule has 0 unspecified atom stereocenters. The Morgan fingerprint density at radius 2 is 2.38 bits per heavy atom. The summed E-state index contributed by atoms with van der Waals surface area (Å²) in [6, 6.07) is 0. The average Bonchev–Trinajstić information content (AvgIpc) is 2.46. The summed E-state index contributed by atoms with van der Waals surface area (Å²) >= 11 is 0. The van der Waals surface area contributed by atoms with Gasteiger partial charge in [0.15, 0.2) is 17.7 Å². The van der Waals surface area contributed by atoms with Crippen molar-refractivity contribution in [1.29, 1.82) is 0 Å². The number of aromatic nitrogens is 2. The van der Waals surface area contributed by atoms with Crippen molar-refractivity contribution in [1.82, 2.24) is 9.78 Å². The molecule has 1 aromatic rings. The summed E-state index contributed by atoms with van der Waals surface area (Å²) < 4.78 is 10.2. The van der Waals surface area contributed by atoms with Crippen LogP contribution in [0.4, 0.5) is 4.79 Å². The van der Waals surface area contributed by atoms with Gasteiger partial charge in [-0.1, -0.05) is 0 Å². The first-order valence-corrected chi connectivity index (χ1v) is 3.42. The molecule has 0 aliphatic heterocycles. The Balaban J connectivity index is 2.86. The van der Waals surface area contributed by atoms with Crippen molar-refractivity contribution in [3.05, 3.63) is 11.9 Å². The van der Waals surface area contributed by atoms with E-state index in [-0.39, 0.29) is 11.4 Å². The van der Waals surface area contributed by atoms with Gasteiger partial charge in [-0.05, 0) is 0 Å². The van der Waals surface area contributed by atoms with E-state index >= 15 is 0 Å². The van der Waals surface area contributed by atoms with Crippen LogP contribution in [0.2, 0.25) is 0 Å². The molecule has 0 atom stereocenters. The minimum atomic E-state index is -0.879. The molecule has 0 fully saturated rings. The molecule has 6 nitrogen and oxygen atoms in total. The van der Waals surface area contributed by atoms with Crippen molar-refractivity contribution in [2.75, 3.05) is 7.11 Å². The van der Waals surface area contributed by atoms with Gasteiger partial charge in [-0.25, -0.2) is 4.79 Å². The molecule has 1 aromatic heterocycles. The Morgan fingerprint density at radius 3 is 2.92 bits per heavy atom. The van der Waals surface area contributed by atoms with Gasteiger partial charge in [-0.3, -0.25) is 9.48 Å². The molecule has 0 saturated carbocycles. The predicted molar refractivity (Wildman–Crippen MR) is 41.6 cm³/mol. The number of aryl methyl sites for hydroxylation is 1. The second-order valence-corrected chi connectivity index (χ2v) is 2.23. The van der Waals surface area contributed by atoms with E-state index in [1.165, 1.54) is 18.0 Å². The lowest BCUT2D eigenvalue weighted by Gasteiger charge is -1.97. The second kappa shape index (κ2) is 3.70. The average molecular weight is 184 g/mol. The van der Waals surface area contributed by atoms with Crippen molar-refractivity contribution in [3.8, 4) is 5.75 Å². The summed E-state index contributed by atoms with van der Waals surface area (Å²) in [6.07, 6.45) is 1.02. The Hall–Kier alpha value is -1.85. The molecular formula is C7H8N2O4. The number of rotatable bonds is 2. The van der Waals surface area contributed by atoms with E-state index in [2.05, 4.69) is 14.6 Å². The zero-order chi connectivity index (χ0) is 9.84. The molecule has 0 amide bonds. The van der Waals surface area contributed by atoms with Crippen LogP contribution in [0, 0.1) is 0 Å². The van der Waals surface area contributed by atoms with Gasteiger partial charge in [0, 0.05) is 7.05 Å². The molecule has 1 rings (SSSR count). The lowest BCUT2D eigenvalue weighted by Crippen LogP contribution is -2.07. The van der Waals surface area contributed by atoms with Crippen LogP contribution < -0.4 is 4.74 Å². The number of methoxy groups -OCH3 is 1. The molecule has 0 saturated heterocycles. The highest BCUT2D eigenvalue weighted by molar-refractivity contribution is 5.78. The molecule has 0 radical (unpaired) electrons. The minimum Gasteiger partial charge on any atom is -0.437 e. The molecule has 6 heteroatoms. The Bertz CT molecular complexity index is 331. The molecule has 0 aliphatic carbocycles.